The second-order valence-electron chi connectivity index (χ2n) is 5.73. The summed E-state index contributed by atoms with van der Waals surface area (Å²) in [5.74, 6) is 1.83. The standard InChI is InChI=1S/C15H24N2O2/c1-10-9-16(5)6-7-17(10)15(18)12(3)14-8-11(2)19-13(14)4/h8,10,12H,6-7,9H2,1-5H3. The van der Waals surface area contributed by atoms with Gasteiger partial charge in [0.2, 0.25) is 5.91 Å². The van der Waals surface area contributed by atoms with Crippen LogP contribution in [0, 0.1) is 13.8 Å². The number of nitrogens with zero attached hydrogens (tertiary/aromatic N) is 2. The SMILES string of the molecule is Cc1cc(C(C)C(=O)N2CCN(C)CC2C)c(C)o1. The minimum Gasteiger partial charge on any atom is -0.466 e. The fraction of sp³-hybridized carbons (Fsp3) is 0.667. The number of amides is 1. The Morgan fingerprint density at radius 1 is 1.42 bits per heavy atom. The summed E-state index contributed by atoms with van der Waals surface area (Å²) in [5.41, 5.74) is 1.02. The zero-order valence-corrected chi connectivity index (χ0v) is 12.6. The van der Waals surface area contributed by atoms with E-state index in [1.165, 1.54) is 0 Å². The summed E-state index contributed by atoms with van der Waals surface area (Å²) in [4.78, 5) is 16.9. The zero-order chi connectivity index (χ0) is 14.2. The summed E-state index contributed by atoms with van der Waals surface area (Å²) in [6, 6.07) is 2.26. The number of hydrogen-bond acceptors (Lipinski definition) is 3. The van der Waals surface area contributed by atoms with Gasteiger partial charge in [-0.1, -0.05) is 0 Å². The lowest BCUT2D eigenvalue weighted by molar-refractivity contribution is -0.136. The molecule has 1 fully saturated rings. The van der Waals surface area contributed by atoms with Gasteiger partial charge < -0.3 is 14.2 Å². The van der Waals surface area contributed by atoms with Gasteiger partial charge in [0.05, 0.1) is 5.92 Å². The number of piperazine rings is 1. The maximum atomic E-state index is 12.6. The summed E-state index contributed by atoms with van der Waals surface area (Å²) in [6.45, 7) is 10.7. The van der Waals surface area contributed by atoms with E-state index in [2.05, 4.69) is 18.9 Å². The molecule has 0 N–H and O–H groups in total. The summed E-state index contributed by atoms with van der Waals surface area (Å²) in [6.07, 6.45) is 0. The fourth-order valence-electron chi connectivity index (χ4n) is 2.93. The molecular formula is C15H24N2O2. The lowest BCUT2D eigenvalue weighted by Gasteiger charge is -2.39. The molecule has 0 spiro atoms. The highest BCUT2D eigenvalue weighted by atomic mass is 16.3. The molecule has 2 heterocycles. The van der Waals surface area contributed by atoms with Crippen LogP contribution in [0.4, 0.5) is 0 Å². The van der Waals surface area contributed by atoms with E-state index < -0.39 is 0 Å². The van der Waals surface area contributed by atoms with Crippen molar-refractivity contribution in [3.05, 3.63) is 23.2 Å². The van der Waals surface area contributed by atoms with Gasteiger partial charge in [0.15, 0.2) is 0 Å². The van der Waals surface area contributed by atoms with Crippen LogP contribution in [-0.2, 0) is 4.79 Å². The molecule has 1 aliphatic heterocycles. The molecule has 0 aromatic carbocycles. The molecule has 0 radical (unpaired) electrons. The first kappa shape index (κ1) is 14.1. The molecule has 19 heavy (non-hydrogen) atoms. The highest BCUT2D eigenvalue weighted by Gasteiger charge is 2.30. The third-order valence-corrected chi connectivity index (χ3v) is 4.03. The minimum atomic E-state index is -0.122. The van der Waals surface area contributed by atoms with Crippen LogP contribution < -0.4 is 0 Å². The third-order valence-electron chi connectivity index (χ3n) is 4.03. The average Bonchev–Trinajstić information content (AvgIpc) is 2.67. The van der Waals surface area contributed by atoms with Crippen molar-refractivity contribution in [2.45, 2.75) is 39.7 Å². The number of rotatable bonds is 2. The molecule has 1 amide bonds. The van der Waals surface area contributed by atoms with Gasteiger partial charge in [-0.25, -0.2) is 0 Å². The largest absolute Gasteiger partial charge is 0.466 e. The molecule has 2 atom stereocenters. The monoisotopic (exact) mass is 264 g/mol. The smallest absolute Gasteiger partial charge is 0.230 e. The number of carbonyl (C=O) groups excluding carboxylic acids is 1. The topological polar surface area (TPSA) is 36.7 Å². The molecule has 106 valence electrons. The van der Waals surface area contributed by atoms with Crippen LogP contribution in [-0.4, -0.2) is 48.4 Å². The van der Waals surface area contributed by atoms with Crippen LogP contribution in [0.25, 0.3) is 0 Å². The van der Waals surface area contributed by atoms with Crippen molar-refractivity contribution in [3.63, 3.8) is 0 Å². The predicted octanol–water partition coefficient (Wildman–Crippen LogP) is 2.16. The molecule has 1 aromatic rings. The van der Waals surface area contributed by atoms with Gasteiger partial charge in [0.25, 0.3) is 0 Å². The van der Waals surface area contributed by atoms with Crippen LogP contribution in [0.15, 0.2) is 10.5 Å². The van der Waals surface area contributed by atoms with Gasteiger partial charge in [-0.15, -0.1) is 0 Å². The molecule has 2 rings (SSSR count). The number of carbonyl (C=O) groups is 1. The van der Waals surface area contributed by atoms with Gasteiger partial charge >= 0.3 is 0 Å². The maximum absolute atomic E-state index is 12.6. The molecule has 2 unspecified atom stereocenters. The van der Waals surface area contributed by atoms with Crippen molar-refractivity contribution >= 4 is 5.91 Å². The molecule has 0 saturated carbocycles. The Balaban J connectivity index is 2.13. The van der Waals surface area contributed by atoms with E-state index in [0.29, 0.717) is 0 Å². The lowest BCUT2D eigenvalue weighted by Crippen LogP contribution is -2.53. The predicted molar refractivity (Wildman–Crippen MR) is 75.3 cm³/mol. The van der Waals surface area contributed by atoms with E-state index in [1.807, 2.05) is 31.7 Å². The molecule has 0 bridgehead atoms. The van der Waals surface area contributed by atoms with Gasteiger partial charge in [-0.05, 0) is 40.8 Å². The van der Waals surface area contributed by atoms with Crippen LogP contribution in [0.2, 0.25) is 0 Å². The molecule has 4 nitrogen and oxygen atoms in total. The van der Waals surface area contributed by atoms with Crippen LogP contribution in [0.3, 0.4) is 0 Å². The molecule has 4 heteroatoms. The van der Waals surface area contributed by atoms with E-state index in [-0.39, 0.29) is 17.9 Å². The Morgan fingerprint density at radius 2 is 2.11 bits per heavy atom. The first-order valence-corrected chi connectivity index (χ1v) is 6.96. The summed E-state index contributed by atoms with van der Waals surface area (Å²) in [7, 11) is 2.10. The van der Waals surface area contributed by atoms with Crippen molar-refractivity contribution in [1.29, 1.82) is 0 Å². The summed E-state index contributed by atoms with van der Waals surface area (Å²) < 4.78 is 5.54. The van der Waals surface area contributed by atoms with Crippen molar-refractivity contribution in [3.8, 4) is 0 Å². The van der Waals surface area contributed by atoms with Gasteiger partial charge in [0.1, 0.15) is 11.5 Å². The lowest BCUT2D eigenvalue weighted by atomic mass is 9.98. The number of likely N-dealkylation sites (N-methyl/N-ethyl adjacent to an activating group) is 1. The molecule has 1 aromatic heterocycles. The first-order chi connectivity index (χ1) is 8.90. The highest BCUT2D eigenvalue weighted by Crippen LogP contribution is 2.26. The van der Waals surface area contributed by atoms with E-state index >= 15 is 0 Å². The van der Waals surface area contributed by atoms with Crippen LogP contribution in [0.5, 0.6) is 0 Å². The maximum Gasteiger partial charge on any atom is 0.230 e. The molecule has 1 saturated heterocycles. The number of furan rings is 1. The molecular weight excluding hydrogens is 240 g/mol. The highest BCUT2D eigenvalue weighted by molar-refractivity contribution is 5.84. The minimum absolute atomic E-state index is 0.122. The van der Waals surface area contributed by atoms with Gasteiger partial charge in [-0.2, -0.15) is 0 Å². The van der Waals surface area contributed by atoms with E-state index in [4.69, 9.17) is 4.42 Å². The first-order valence-electron chi connectivity index (χ1n) is 6.96. The Morgan fingerprint density at radius 3 is 2.63 bits per heavy atom. The number of hydrogen-bond donors (Lipinski definition) is 0. The van der Waals surface area contributed by atoms with Crippen molar-refractivity contribution in [2.24, 2.45) is 0 Å². The van der Waals surface area contributed by atoms with Crippen molar-refractivity contribution in [1.82, 2.24) is 9.80 Å². The van der Waals surface area contributed by atoms with E-state index in [0.717, 1.165) is 36.7 Å². The Hall–Kier alpha value is -1.29. The summed E-state index contributed by atoms with van der Waals surface area (Å²) in [5, 5.41) is 0. The molecule has 1 aliphatic rings. The molecule has 0 aliphatic carbocycles. The second-order valence-corrected chi connectivity index (χ2v) is 5.73. The van der Waals surface area contributed by atoms with Crippen LogP contribution in [0.1, 0.15) is 36.8 Å². The van der Waals surface area contributed by atoms with Crippen LogP contribution >= 0.6 is 0 Å². The van der Waals surface area contributed by atoms with Gasteiger partial charge in [0, 0.05) is 31.2 Å². The summed E-state index contributed by atoms with van der Waals surface area (Å²) >= 11 is 0. The average molecular weight is 264 g/mol. The zero-order valence-electron chi connectivity index (χ0n) is 12.6. The third kappa shape index (κ3) is 2.84. The van der Waals surface area contributed by atoms with E-state index in [1.54, 1.807) is 0 Å². The van der Waals surface area contributed by atoms with Crippen molar-refractivity contribution < 1.29 is 9.21 Å². The number of aryl methyl sites for hydroxylation is 2. The van der Waals surface area contributed by atoms with Gasteiger partial charge in [-0.3, -0.25) is 4.79 Å². The second kappa shape index (κ2) is 5.37. The Kier molecular flexibility index (Phi) is 3.99. The quantitative estimate of drug-likeness (QED) is 0.821. The van der Waals surface area contributed by atoms with E-state index in [9.17, 15) is 4.79 Å². The Bertz CT molecular complexity index is 467. The Labute approximate surface area is 115 Å². The fourth-order valence-corrected chi connectivity index (χ4v) is 2.93. The van der Waals surface area contributed by atoms with Crippen molar-refractivity contribution in [2.75, 3.05) is 26.7 Å². The normalized spacial score (nSPS) is 22.6.